The molecule has 200 valence electrons. The van der Waals surface area contributed by atoms with E-state index < -0.39 is 0 Å². The summed E-state index contributed by atoms with van der Waals surface area (Å²) in [5.41, 5.74) is 3.47. The van der Waals surface area contributed by atoms with Crippen LogP contribution >= 0.6 is 0 Å². The first kappa shape index (κ1) is 25.3. The topological polar surface area (TPSA) is 54.5 Å². The molecule has 4 nitrogen and oxygen atoms in total. The third-order valence-electron chi connectivity index (χ3n) is 12.9. The van der Waals surface area contributed by atoms with Crippen LogP contribution in [0.1, 0.15) is 99.3 Å². The van der Waals surface area contributed by atoms with Crippen LogP contribution in [0.4, 0.5) is 0 Å². The summed E-state index contributed by atoms with van der Waals surface area (Å²) in [6.45, 7) is 15.9. The Balaban J connectivity index is 1.41. The Labute approximate surface area is 223 Å². The molecule has 7 atom stereocenters. The van der Waals surface area contributed by atoms with Gasteiger partial charge in [0.1, 0.15) is 0 Å². The second kappa shape index (κ2) is 7.79. The molecule has 5 aliphatic carbocycles. The number of nitrogens with zero attached hydrogens (tertiary/aromatic N) is 1. The third-order valence-corrected chi connectivity index (χ3v) is 12.9. The van der Waals surface area contributed by atoms with Crippen LogP contribution in [0, 0.1) is 38.9 Å². The van der Waals surface area contributed by atoms with E-state index in [1.807, 2.05) is 6.92 Å². The zero-order chi connectivity index (χ0) is 26.6. The van der Waals surface area contributed by atoms with Crippen molar-refractivity contribution in [1.29, 1.82) is 0 Å². The lowest BCUT2D eigenvalue weighted by molar-refractivity contribution is -0.174. The van der Waals surface area contributed by atoms with Crippen molar-refractivity contribution < 1.29 is 14.4 Å². The van der Waals surface area contributed by atoms with Crippen LogP contribution in [0.2, 0.25) is 0 Å². The van der Waals surface area contributed by atoms with E-state index in [-0.39, 0.29) is 44.6 Å². The van der Waals surface area contributed by atoms with E-state index in [1.165, 1.54) is 12.0 Å². The van der Waals surface area contributed by atoms with Crippen LogP contribution in [0.3, 0.4) is 0 Å². The number of rotatable bonds is 1. The van der Waals surface area contributed by atoms with Gasteiger partial charge in [-0.25, -0.2) is 0 Å². The van der Waals surface area contributed by atoms with Crippen LogP contribution in [0.25, 0.3) is 0 Å². The van der Waals surface area contributed by atoms with Crippen molar-refractivity contribution in [1.82, 2.24) is 4.90 Å². The fraction of sp³-hybridized carbons (Fsp3) is 0.727. The molecule has 4 heteroatoms. The molecule has 0 radical (unpaired) electrons. The lowest BCUT2D eigenvalue weighted by Gasteiger charge is -2.70. The summed E-state index contributed by atoms with van der Waals surface area (Å²) in [7, 11) is 0. The molecule has 1 saturated heterocycles. The summed E-state index contributed by atoms with van der Waals surface area (Å²) in [5.74, 6) is -0.0753. The van der Waals surface area contributed by atoms with E-state index in [0.29, 0.717) is 11.8 Å². The number of hydrogen-bond acceptors (Lipinski definition) is 3. The molecule has 1 unspecified atom stereocenters. The first-order valence-corrected chi connectivity index (χ1v) is 14.8. The van der Waals surface area contributed by atoms with E-state index >= 15 is 0 Å². The van der Waals surface area contributed by atoms with E-state index in [9.17, 15) is 14.4 Å². The highest BCUT2D eigenvalue weighted by atomic mass is 16.2. The molecule has 4 fully saturated rings. The highest BCUT2D eigenvalue weighted by molar-refractivity contribution is 6.44. The maximum Gasteiger partial charge on any atom is 0.228 e. The molecule has 37 heavy (non-hydrogen) atoms. The summed E-state index contributed by atoms with van der Waals surface area (Å²) >= 11 is 0. The summed E-state index contributed by atoms with van der Waals surface area (Å²) in [4.78, 5) is 41.1. The summed E-state index contributed by atoms with van der Waals surface area (Å²) in [6.07, 6.45) is 16.0. The van der Waals surface area contributed by atoms with Crippen molar-refractivity contribution >= 4 is 17.5 Å². The third kappa shape index (κ3) is 3.16. The average molecular weight is 504 g/mol. The Morgan fingerprint density at radius 1 is 0.892 bits per heavy atom. The predicted octanol–water partition coefficient (Wildman–Crippen LogP) is 6.61. The number of carbonyl (C=O) groups is 3. The smallest absolute Gasteiger partial charge is 0.228 e. The number of amides is 1. The van der Waals surface area contributed by atoms with Gasteiger partial charge in [0, 0.05) is 29.8 Å². The molecular formula is C33H45NO3. The van der Waals surface area contributed by atoms with Gasteiger partial charge in [-0.15, -0.1) is 0 Å². The molecule has 0 aromatic rings. The fourth-order valence-electron chi connectivity index (χ4n) is 10.1. The minimum atomic E-state index is -0.353. The number of likely N-dealkylation sites (tertiary alicyclic amines) is 1. The van der Waals surface area contributed by atoms with Crippen LogP contribution in [-0.4, -0.2) is 35.5 Å². The van der Waals surface area contributed by atoms with Crippen molar-refractivity contribution in [3.8, 4) is 0 Å². The van der Waals surface area contributed by atoms with E-state index in [2.05, 4.69) is 51.7 Å². The first-order valence-electron chi connectivity index (χ1n) is 14.8. The Bertz CT molecular complexity index is 1190. The minimum absolute atomic E-state index is 0.00424. The van der Waals surface area contributed by atoms with Gasteiger partial charge in [-0.2, -0.15) is 0 Å². The second-order valence-corrected chi connectivity index (χ2v) is 14.8. The number of hydrogen-bond donors (Lipinski definition) is 0. The monoisotopic (exact) mass is 503 g/mol. The van der Waals surface area contributed by atoms with Crippen molar-refractivity contribution in [2.24, 2.45) is 38.9 Å². The minimum Gasteiger partial charge on any atom is -0.342 e. The van der Waals surface area contributed by atoms with Gasteiger partial charge >= 0.3 is 0 Å². The number of allylic oxidation sites excluding steroid dienone is 6. The van der Waals surface area contributed by atoms with Crippen LogP contribution in [0.15, 0.2) is 34.9 Å². The lowest BCUT2D eigenvalue weighted by Crippen LogP contribution is -2.62. The second-order valence-electron chi connectivity index (χ2n) is 14.8. The van der Waals surface area contributed by atoms with Gasteiger partial charge < -0.3 is 4.90 Å². The number of Topliss-reactive ketones (excluding diaryl/α,β-unsaturated/α-hetero) is 1. The van der Waals surface area contributed by atoms with Gasteiger partial charge in [0.25, 0.3) is 0 Å². The molecule has 6 aliphatic rings. The molecule has 0 aromatic carbocycles. The van der Waals surface area contributed by atoms with Gasteiger partial charge in [-0.3, -0.25) is 14.4 Å². The fourth-order valence-corrected chi connectivity index (χ4v) is 10.1. The maximum absolute atomic E-state index is 13.8. The molecule has 0 bridgehead atoms. The Kier molecular flexibility index (Phi) is 5.33. The van der Waals surface area contributed by atoms with Gasteiger partial charge in [-0.05, 0) is 97.2 Å². The summed E-state index contributed by atoms with van der Waals surface area (Å²) < 4.78 is 0. The van der Waals surface area contributed by atoms with Crippen LogP contribution < -0.4 is 0 Å². The van der Waals surface area contributed by atoms with Gasteiger partial charge in [0.05, 0.1) is 0 Å². The Morgan fingerprint density at radius 3 is 2.27 bits per heavy atom. The molecule has 1 heterocycles. The molecular weight excluding hydrogens is 458 g/mol. The lowest BCUT2D eigenvalue weighted by atomic mass is 9.34. The molecule has 6 rings (SSSR count). The Hall–Kier alpha value is -1.97. The van der Waals surface area contributed by atoms with Crippen LogP contribution in [0.5, 0.6) is 0 Å². The maximum atomic E-state index is 13.8. The molecule has 3 saturated carbocycles. The summed E-state index contributed by atoms with van der Waals surface area (Å²) in [5, 5.41) is 0. The SMILES string of the molecule is CC1C(=O)C(=O)C=C2C1=CC=C1[C@@]2(C)CC[C@@]2(C)[C@@H]3C[C@](C)(C(=O)N4CCCC4)CC[C@]3(C)CC[C@]12C. The molecule has 1 amide bonds. The van der Waals surface area contributed by atoms with Crippen molar-refractivity contribution in [3.63, 3.8) is 0 Å². The summed E-state index contributed by atoms with van der Waals surface area (Å²) in [6, 6.07) is 0. The van der Waals surface area contributed by atoms with Gasteiger partial charge in [0.15, 0.2) is 0 Å². The molecule has 1 aliphatic heterocycles. The largest absolute Gasteiger partial charge is 0.342 e. The quantitative estimate of drug-likeness (QED) is 0.378. The normalized spacial score (nSPS) is 47.2. The highest BCUT2D eigenvalue weighted by Crippen LogP contribution is 2.75. The van der Waals surface area contributed by atoms with Crippen LogP contribution in [-0.2, 0) is 14.4 Å². The number of ketones is 2. The standard InChI is InChI=1S/C33H45NO3/c1-21-22-9-10-25-31(4,23(22)19-24(35)27(21)36)14-16-33(6)26-20-30(3,28(37)34-17-7-8-18-34)12-11-29(26,2)13-15-32(25,33)5/h9-10,19,21,26H,7-8,11-18,20H2,1-6H3/t21?,26-,29-,30-,31+,32-,33+/m1/s1. The zero-order valence-electron chi connectivity index (χ0n) is 23.8. The molecule has 0 aromatic heterocycles. The van der Waals surface area contributed by atoms with Crippen molar-refractivity contribution in [2.45, 2.75) is 99.3 Å². The highest BCUT2D eigenvalue weighted by Gasteiger charge is 2.67. The van der Waals surface area contributed by atoms with E-state index in [0.717, 1.165) is 75.6 Å². The van der Waals surface area contributed by atoms with Gasteiger partial charge in [-0.1, -0.05) is 59.3 Å². The number of fused-ring (bicyclic) bond motifs is 7. The Morgan fingerprint density at radius 2 is 1.57 bits per heavy atom. The van der Waals surface area contributed by atoms with Crippen molar-refractivity contribution in [3.05, 3.63) is 34.9 Å². The average Bonchev–Trinajstić information content (AvgIpc) is 3.40. The number of carbonyl (C=O) groups excluding carboxylic acids is 3. The van der Waals surface area contributed by atoms with Gasteiger partial charge in [0.2, 0.25) is 17.5 Å². The zero-order valence-corrected chi connectivity index (χ0v) is 23.8. The predicted molar refractivity (Wildman–Crippen MR) is 146 cm³/mol. The van der Waals surface area contributed by atoms with E-state index in [1.54, 1.807) is 6.08 Å². The first-order chi connectivity index (χ1) is 17.3. The van der Waals surface area contributed by atoms with E-state index in [4.69, 9.17) is 0 Å². The van der Waals surface area contributed by atoms with Crippen molar-refractivity contribution in [2.75, 3.05) is 13.1 Å². The molecule has 0 spiro atoms. The molecule has 0 N–H and O–H groups in total.